The summed E-state index contributed by atoms with van der Waals surface area (Å²) < 4.78 is 18.0. The molecule has 5 rings (SSSR count). The number of likely N-dealkylation sites (N-methyl/N-ethyl adjacent to an activating group) is 1. The molecule has 36 heavy (non-hydrogen) atoms. The van der Waals surface area contributed by atoms with Crippen molar-refractivity contribution in [2.75, 3.05) is 27.2 Å². The second-order valence-electron chi connectivity index (χ2n) is 9.60. The second-order valence-corrected chi connectivity index (χ2v) is 9.60. The molecule has 0 unspecified atom stereocenters. The highest BCUT2D eigenvalue weighted by Gasteiger charge is 2.30. The van der Waals surface area contributed by atoms with Gasteiger partial charge in [0.05, 0.1) is 22.5 Å². The third kappa shape index (κ3) is 4.14. The van der Waals surface area contributed by atoms with Gasteiger partial charge in [0, 0.05) is 55.0 Å². The van der Waals surface area contributed by atoms with Gasteiger partial charge in [-0.25, -0.2) is 9.07 Å². The molecule has 0 spiro atoms. The van der Waals surface area contributed by atoms with Crippen LogP contribution in [-0.2, 0) is 7.05 Å². The summed E-state index contributed by atoms with van der Waals surface area (Å²) in [5, 5.41) is 19.3. The van der Waals surface area contributed by atoms with Gasteiger partial charge in [-0.05, 0) is 58.1 Å². The van der Waals surface area contributed by atoms with Gasteiger partial charge < -0.3 is 9.80 Å². The van der Waals surface area contributed by atoms with Crippen molar-refractivity contribution in [2.24, 2.45) is 7.05 Å². The number of hydrogen-bond acceptors (Lipinski definition) is 5. The Bertz CT molecular complexity index is 1510. The Labute approximate surface area is 209 Å². The number of piperidine rings is 1. The number of aromatic nitrogens is 4. The van der Waals surface area contributed by atoms with Crippen LogP contribution in [0.4, 0.5) is 4.39 Å². The first-order valence-corrected chi connectivity index (χ1v) is 12.0. The monoisotopic (exact) mass is 485 g/mol. The standard InChI is InChI=1S/C27H28FN7O/c1-17-25(27(36)34-11-5-6-22(16-34)32(2)3)31-35(21-9-7-19(14-29)23(28)13-21)26(17)18-8-10-24-20(12-18)15-33(4)30-24/h7-10,12-13,15,22H,5-6,11,16H2,1-4H3/t22-/m1/s1. The van der Waals surface area contributed by atoms with Gasteiger partial charge in [-0.2, -0.15) is 15.5 Å². The van der Waals surface area contributed by atoms with Crippen molar-refractivity contribution in [2.45, 2.75) is 25.8 Å². The topological polar surface area (TPSA) is 83.0 Å². The van der Waals surface area contributed by atoms with Gasteiger partial charge in [-0.15, -0.1) is 0 Å². The highest BCUT2D eigenvalue weighted by molar-refractivity contribution is 5.96. The van der Waals surface area contributed by atoms with Crippen LogP contribution in [0.5, 0.6) is 0 Å². The van der Waals surface area contributed by atoms with Crippen LogP contribution in [0, 0.1) is 24.1 Å². The van der Waals surface area contributed by atoms with E-state index in [4.69, 9.17) is 10.4 Å². The second kappa shape index (κ2) is 9.21. The Morgan fingerprint density at radius 1 is 1.19 bits per heavy atom. The molecule has 184 valence electrons. The van der Waals surface area contributed by atoms with Crippen molar-refractivity contribution in [3.63, 3.8) is 0 Å². The number of benzene rings is 2. The number of nitrogens with zero attached hydrogens (tertiary/aromatic N) is 7. The van der Waals surface area contributed by atoms with Crippen LogP contribution in [0.15, 0.2) is 42.6 Å². The van der Waals surface area contributed by atoms with Crippen molar-refractivity contribution >= 4 is 16.8 Å². The molecule has 1 fully saturated rings. The fraction of sp³-hybridized carbons (Fsp3) is 0.333. The molecule has 0 radical (unpaired) electrons. The van der Waals surface area contributed by atoms with E-state index in [9.17, 15) is 9.18 Å². The van der Waals surface area contributed by atoms with E-state index in [-0.39, 0.29) is 11.5 Å². The summed E-state index contributed by atoms with van der Waals surface area (Å²) in [6, 6.07) is 12.4. The molecule has 2 aromatic carbocycles. The fourth-order valence-electron chi connectivity index (χ4n) is 4.96. The summed E-state index contributed by atoms with van der Waals surface area (Å²) in [5.41, 5.74) is 3.87. The molecule has 1 aliphatic rings. The maximum atomic E-state index is 14.6. The molecule has 1 aliphatic heterocycles. The van der Waals surface area contributed by atoms with Gasteiger partial charge in [0.2, 0.25) is 0 Å². The van der Waals surface area contributed by atoms with Gasteiger partial charge >= 0.3 is 0 Å². The third-order valence-electron chi connectivity index (χ3n) is 6.95. The van der Waals surface area contributed by atoms with Crippen LogP contribution in [0.25, 0.3) is 27.8 Å². The lowest BCUT2D eigenvalue weighted by molar-refractivity contribution is 0.0628. The SMILES string of the molecule is Cc1c(C(=O)N2CCC[C@@H](N(C)C)C2)nn(-c2ccc(C#N)c(F)c2)c1-c1ccc2nn(C)cc2c1. The van der Waals surface area contributed by atoms with E-state index in [0.717, 1.165) is 34.9 Å². The predicted octanol–water partition coefficient (Wildman–Crippen LogP) is 3.91. The number of aryl methyl sites for hydroxylation is 1. The number of fused-ring (bicyclic) bond motifs is 1. The van der Waals surface area contributed by atoms with E-state index < -0.39 is 5.82 Å². The molecule has 2 aromatic heterocycles. The normalized spacial score (nSPS) is 16.0. The van der Waals surface area contributed by atoms with Crippen LogP contribution in [0.2, 0.25) is 0 Å². The van der Waals surface area contributed by atoms with Gasteiger partial charge in [-0.3, -0.25) is 9.48 Å². The van der Waals surface area contributed by atoms with Gasteiger partial charge in [-0.1, -0.05) is 6.07 Å². The molecular formula is C27H28FN7O. The fourth-order valence-corrected chi connectivity index (χ4v) is 4.96. The Hall–Kier alpha value is -4.03. The number of amides is 1. The van der Waals surface area contributed by atoms with Crippen molar-refractivity contribution in [1.29, 1.82) is 5.26 Å². The van der Waals surface area contributed by atoms with Gasteiger partial charge in [0.25, 0.3) is 5.91 Å². The van der Waals surface area contributed by atoms with Crippen molar-refractivity contribution in [3.8, 4) is 23.0 Å². The van der Waals surface area contributed by atoms with Crippen LogP contribution < -0.4 is 0 Å². The summed E-state index contributed by atoms with van der Waals surface area (Å²) in [5.74, 6) is -0.759. The molecule has 3 heterocycles. The minimum atomic E-state index is -0.630. The van der Waals surface area contributed by atoms with E-state index in [1.165, 1.54) is 12.1 Å². The Kier molecular flexibility index (Phi) is 6.06. The molecule has 9 heteroatoms. The van der Waals surface area contributed by atoms with Gasteiger partial charge in [0.15, 0.2) is 5.69 Å². The van der Waals surface area contributed by atoms with Crippen LogP contribution in [0.3, 0.4) is 0 Å². The quantitative estimate of drug-likeness (QED) is 0.438. The first-order valence-electron chi connectivity index (χ1n) is 12.0. The maximum Gasteiger partial charge on any atom is 0.274 e. The van der Waals surface area contributed by atoms with E-state index in [1.54, 1.807) is 15.4 Å². The molecule has 0 aliphatic carbocycles. The maximum absolute atomic E-state index is 14.6. The van der Waals surface area contributed by atoms with Crippen LogP contribution >= 0.6 is 0 Å². The number of halogens is 1. The summed E-state index contributed by atoms with van der Waals surface area (Å²) >= 11 is 0. The lowest BCUT2D eigenvalue weighted by Crippen LogP contribution is -2.47. The minimum Gasteiger partial charge on any atom is -0.336 e. The zero-order valence-electron chi connectivity index (χ0n) is 20.9. The van der Waals surface area contributed by atoms with E-state index in [1.807, 2.05) is 63.4 Å². The Morgan fingerprint density at radius 2 is 2.00 bits per heavy atom. The molecule has 0 bridgehead atoms. The third-order valence-corrected chi connectivity index (χ3v) is 6.95. The van der Waals surface area contributed by atoms with Crippen molar-refractivity contribution in [3.05, 3.63) is 65.2 Å². The minimum absolute atomic E-state index is 0.0414. The number of carbonyl (C=O) groups is 1. The Morgan fingerprint density at radius 3 is 2.72 bits per heavy atom. The molecule has 1 atom stereocenters. The van der Waals surface area contributed by atoms with Crippen molar-refractivity contribution in [1.82, 2.24) is 29.4 Å². The molecular weight excluding hydrogens is 457 g/mol. The van der Waals surface area contributed by atoms with E-state index in [2.05, 4.69) is 10.00 Å². The van der Waals surface area contributed by atoms with Crippen molar-refractivity contribution < 1.29 is 9.18 Å². The molecule has 1 saturated heterocycles. The molecule has 4 aromatic rings. The smallest absolute Gasteiger partial charge is 0.274 e. The summed E-state index contributed by atoms with van der Waals surface area (Å²) in [6.07, 6.45) is 3.91. The Balaban J connectivity index is 1.65. The average Bonchev–Trinajstić information content (AvgIpc) is 3.41. The number of hydrogen-bond donors (Lipinski definition) is 0. The predicted molar refractivity (Wildman–Crippen MR) is 135 cm³/mol. The van der Waals surface area contributed by atoms with E-state index >= 15 is 0 Å². The average molecular weight is 486 g/mol. The summed E-state index contributed by atoms with van der Waals surface area (Å²) in [4.78, 5) is 17.7. The number of carbonyl (C=O) groups excluding carboxylic acids is 1. The van der Waals surface area contributed by atoms with Crippen LogP contribution in [-0.4, -0.2) is 68.5 Å². The lowest BCUT2D eigenvalue weighted by Gasteiger charge is -2.35. The number of likely N-dealkylation sites (tertiary alicyclic amines) is 1. The first-order chi connectivity index (χ1) is 17.3. The molecule has 1 amide bonds. The lowest BCUT2D eigenvalue weighted by atomic mass is 10.0. The van der Waals surface area contributed by atoms with Gasteiger partial charge in [0.1, 0.15) is 11.9 Å². The molecule has 8 nitrogen and oxygen atoms in total. The number of nitriles is 1. The zero-order valence-corrected chi connectivity index (χ0v) is 20.9. The highest BCUT2D eigenvalue weighted by Crippen LogP contribution is 2.32. The molecule has 0 saturated carbocycles. The summed E-state index contributed by atoms with van der Waals surface area (Å²) in [6.45, 7) is 3.20. The first kappa shape index (κ1) is 23.7. The number of rotatable bonds is 4. The van der Waals surface area contributed by atoms with E-state index in [0.29, 0.717) is 36.2 Å². The largest absolute Gasteiger partial charge is 0.336 e. The zero-order chi connectivity index (χ0) is 25.6. The molecule has 0 N–H and O–H groups in total. The highest BCUT2D eigenvalue weighted by atomic mass is 19.1. The van der Waals surface area contributed by atoms with Crippen LogP contribution in [0.1, 0.15) is 34.5 Å². The summed E-state index contributed by atoms with van der Waals surface area (Å²) in [7, 11) is 5.93.